The zero-order chi connectivity index (χ0) is 30.7. The van der Waals surface area contributed by atoms with Crippen LogP contribution in [0.2, 0.25) is 0 Å². The Morgan fingerprint density at radius 3 is 1.36 bits per heavy atom. The van der Waals surface area contributed by atoms with E-state index in [1.54, 1.807) is 12.1 Å². The fraction of sp³-hybridized carbons (Fsp3) is 0.486. The molecule has 42 heavy (non-hydrogen) atoms. The van der Waals surface area contributed by atoms with Crippen LogP contribution in [-0.2, 0) is 10.8 Å². The van der Waals surface area contributed by atoms with Crippen LogP contribution >= 0.6 is 0 Å². The number of nitrogens with one attached hydrogen (secondary N) is 2. The number of phenolic OH excluding ortho intramolecular Hbond substituents is 1. The van der Waals surface area contributed by atoms with Crippen molar-refractivity contribution in [1.29, 1.82) is 0 Å². The number of phenols is 1. The molecule has 5 aromatic rings. The maximum absolute atomic E-state index is 10.3. The Balaban J connectivity index is 1.89. The fourth-order valence-electron chi connectivity index (χ4n) is 7.78. The molecule has 0 radical (unpaired) electrons. The van der Waals surface area contributed by atoms with E-state index in [1.165, 1.54) is 22.3 Å². The molecule has 7 nitrogen and oxygen atoms in total. The fourth-order valence-corrected chi connectivity index (χ4v) is 7.78. The third-order valence-electron chi connectivity index (χ3n) is 8.19. The molecule has 0 spiro atoms. The summed E-state index contributed by atoms with van der Waals surface area (Å²) in [6.45, 7) is 23.0. The first-order chi connectivity index (χ1) is 19.5. The minimum Gasteiger partial charge on any atom is -0.508 e. The maximum atomic E-state index is 10.3. The number of H-pyrrole nitrogens is 2. The van der Waals surface area contributed by atoms with Crippen LogP contribution in [0.1, 0.15) is 116 Å². The van der Waals surface area contributed by atoms with Crippen LogP contribution in [0.5, 0.6) is 5.75 Å². The van der Waals surface area contributed by atoms with Crippen LogP contribution in [-0.4, -0.2) is 35.9 Å². The van der Waals surface area contributed by atoms with E-state index >= 15 is 0 Å². The van der Waals surface area contributed by atoms with Crippen molar-refractivity contribution in [3.8, 4) is 5.75 Å². The molecule has 7 heteroatoms. The number of hydrogen-bond acceptors (Lipinski definition) is 5. The van der Waals surface area contributed by atoms with Crippen molar-refractivity contribution in [2.75, 3.05) is 0 Å². The molecule has 0 amide bonds. The van der Waals surface area contributed by atoms with Crippen molar-refractivity contribution in [2.24, 2.45) is 10.8 Å². The van der Waals surface area contributed by atoms with E-state index in [4.69, 9.17) is 10.2 Å². The number of aromatic amines is 2. The number of aromatic nitrogens is 6. The first kappa shape index (κ1) is 29.7. The SMILES string of the molecule is CC(C)(C)CC(C)(C)c1c(C(c2ccc(O)cc2)c2ccc3n[nH]nc3c2C(C)(C)CC(C)(C)C)ccc2n[nH]nc12. The molecule has 0 bridgehead atoms. The van der Waals surface area contributed by atoms with Crippen LogP contribution in [0.3, 0.4) is 0 Å². The molecular weight excluding hydrogens is 520 g/mol. The number of aromatic hydroxyl groups is 1. The second-order valence-electron chi connectivity index (χ2n) is 15.7. The molecule has 0 aliphatic heterocycles. The molecule has 2 heterocycles. The number of hydrogen-bond donors (Lipinski definition) is 3. The second kappa shape index (κ2) is 10.2. The van der Waals surface area contributed by atoms with Crippen LogP contribution < -0.4 is 0 Å². The van der Waals surface area contributed by atoms with Gasteiger partial charge in [0.25, 0.3) is 0 Å². The summed E-state index contributed by atoms with van der Waals surface area (Å²) in [5, 5.41) is 34.5. The highest BCUT2D eigenvalue weighted by Gasteiger charge is 2.38. The predicted molar refractivity (Wildman–Crippen MR) is 171 cm³/mol. The molecule has 3 aromatic carbocycles. The van der Waals surface area contributed by atoms with E-state index in [9.17, 15) is 5.11 Å². The third-order valence-corrected chi connectivity index (χ3v) is 8.19. The molecule has 0 fully saturated rings. The van der Waals surface area contributed by atoms with Crippen LogP contribution in [0.4, 0.5) is 0 Å². The van der Waals surface area contributed by atoms with Gasteiger partial charge >= 0.3 is 0 Å². The first-order valence-electron chi connectivity index (χ1n) is 14.9. The Hall–Kier alpha value is -3.74. The van der Waals surface area contributed by atoms with Gasteiger partial charge in [0.2, 0.25) is 0 Å². The lowest BCUT2D eigenvalue weighted by atomic mass is 9.65. The summed E-state index contributed by atoms with van der Waals surface area (Å²) in [4.78, 5) is 0. The molecule has 0 atom stereocenters. The molecule has 0 aliphatic carbocycles. The molecule has 0 unspecified atom stereocenters. The zero-order valence-corrected chi connectivity index (χ0v) is 26.8. The quantitative estimate of drug-likeness (QED) is 0.171. The summed E-state index contributed by atoms with van der Waals surface area (Å²) in [6, 6.07) is 16.3. The smallest absolute Gasteiger partial charge is 0.117 e. The highest BCUT2D eigenvalue weighted by molar-refractivity contribution is 5.83. The van der Waals surface area contributed by atoms with Crippen molar-refractivity contribution >= 4 is 22.1 Å². The zero-order valence-electron chi connectivity index (χ0n) is 26.8. The summed E-state index contributed by atoms with van der Waals surface area (Å²) in [6.07, 6.45) is 1.93. The third kappa shape index (κ3) is 5.79. The van der Waals surface area contributed by atoms with Gasteiger partial charge in [-0.25, -0.2) is 0 Å². The van der Waals surface area contributed by atoms with Gasteiger partial charge < -0.3 is 5.11 Å². The monoisotopic (exact) mass is 566 g/mol. The van der Waals surface area contributed by atoms with Gasteiger partial charge in [-0.3, -0.25) is 0 Å². The van der Waals surface area contributed by atoms with Gasteiger partial charge in [-0.15, -0.1) is 0 Å². The number of rotatable bonds is 7. The summed E-state index contributed by atoms with van der Waals surface area (Å²) < 4.78 is 0. The van der Waals surface area contributed by atoms with E-state index in [0.29, 0.717) is 0 Å². The first-order valence-corrected chi connectivity index (χ1v) is 14.9. The van der Waals surface area contributed by atoms with Crippen LogP contribution in [0.15, 0.2) is 48.5 Å². The van der Waals surface area contributed by atoms with E-state index in [0.717, 1.165) is 40.5 Å². The Morgan fingerprint density at radius 1 is 0.571 bits per heavy atom. The van der Waals surface area contributed by atoms with Gasteiger partial charge in [-0.2, -0.15) is 30.8 Å². The van der Waals surface area contributed by atoms with Gasteiger partial charge in [-0.05, 0) is 86.6 Å². The standard InChI is InChI=1S/C35H46N6O/c1-32(2,3)19-34(7,8)28-23(15-17-25-30(28)38-40-36-25)27(21-11-13-22(42)14-12-21)24-16-18-26-31(39-41-37-26)29(24)35(9,10)20-33(4,5)6/h11-18,27,42H,19-20H2,1-10H3,(H,36,38,40)(H,37,39,41). The van der Waals surface area contributed by atoms with Gasteiger partial charge in [0.15, 0.2) is 0 Å². The predicted octanol–water partition coefficient (Wildman–Crippen LogP) is 8.54. The lowest BCUT2D eigenvalue weighted by Crippen LogP contribution is -2.29. The van der Waals surface area contributed by atoms with Gasteiger partial charge in [0.05, 0.1) is 0 Å². The van der Waals surface area contributed by atoms with Gasteiger partial charge in [-0.1, -0.05) is 93.5 Å². The number of benzene rings is 3. The highest BCUT2D eigenvalue weighted by Crippen LogP contribution is 2.49. The largest absolute Gasteiger partial charge is 0.508 e. The van der Waals surface area contributed by atoms with E-state index < -0.39 is 0 Å². The van der Waals surface area contributed by atoms with Crippen molar-refractivity contribution in [3.63, 3.8) is 0 Å². The van der Waals surface area contributed by atoms with E-state index in [-0.39, 0.29) is 33.3 Å². The van der Waals surface area contributed by atoms with Crippen LogP contribution in [0.25, 0.3) is 22.1 Å². The topological polar surface area (TPSA) is 103 Å². The molecule has 0 saturated carbocycles. The Labute approximate surface area is 249 Å². The van der Waals surface area contributed by atoms with Crippen LogP contribution in [0, 0.1) is 10.8 Å². The van der Waals surface area contributed by atoms with E-state index in [1.807, 2.05) is 12.1 Å². The lowest BCUT2D eigenvalue weighted by Gasteiger charge is -2.38. The second-order valence-corrected chi connectivity index (χ2v) is 15.7. The van der Waals surface area contributed by atoms with E-state index in [2.05, 4.69) is 114 Å². The highest BCUT2D eigenvalue weighted by atomic mass is 16.3. The summed E-state index contributed by atoms with van der Waals surface area (Å²) >= 11 is 0. The number of fused-ring (bicyclic) bond motifs is 2. The average molecular weight is 567 g/mol. The minimum absolute atomic E-state index is 0.0974. The Morgan fingerprint density at radius 2 is 0.976 bits per heavy atom. The molecular formula is C35H46N6O. The molecule has 222 valence electrons. The Bertz CT molecular complexity index is 1600. The normalized spacial score (nSPS) is 13.5. The summed E-state index contributed by atoms with van der Waals surface area (Å²) in [7, 11) is 0. The van der Waals surface area contributed by atoms with Crippen molar-refractivity contribution in [3.05, 3.63) is 76.3 Å². The Kier molecular flexibility index (Phi) is 7.23. The van der Waals surface area contributed by atoms with Gasteiger partial charge in [0.1, 0.15) is 27.8 Å². The summed E-state index contributed by atoms with van der Waals surface area (Å²) in [5.41, 5.74) is 9.17. The molecule has 3 N–H and O–H groups in total. The van der Waals surface area contributed by atoms with Crippen molar-refractivity contribution in [2.45, 2.75) is 98.8 Å². The molecule has 2 aromatic heterocycles. The maximum Gasteiger partial charge on any atom is 0.117 e. The number of nitrogens with zero attached hydrogens (tertiary/aromatic N) is 4. The molecule has 5 rings (SSSR count). The minimum atomic E-state index is -0.210. The summed E-state index contributed by atoms with van der Waals surface area (Å²) in [5.74, 6) is 0.106. The molecule has 0 aliphatic rings. The molecule has 0 saturated heterocycles. The van der Waals surface area contributed by atoms with Crippen molar-refractivity contribution < 1.29 is 5.11 Å². The lowest BCUT2D eigenvalue weighted by molar-refractivity contribution is 0.283. The average Bonchev–Trinajstić information content (AvgIpc) is 3.51. The van der Waals surface area contributed by atoms with Crippen molar-refractivity contribution in [1.82, 2.24) is 30.8 Å². The van der Waals surface area contributed by atoms with Gasteiger partial charge in [0, 0.05) is 5.92 Å².